The predicted molar refractivity (Wildman–Crippen MR) is 239 cm³/mol. The lowest BCUT2D eigenvalue weighted by atomic mass is 9.98. The Hall–Kier alpha value is -5.60. The van der Waals surface area contributed by atoms with E-state index >= 15 is 0 Å². The molecule has 4 heterocycles. The number of hydrogen-bond acceptors (Lipinski definition) is 8. The lowest BCUT2D eigenvalue weighted by molar-refractivity contribution is -0.136. The number of aromatic nitrogens is 4. The Labute approximate surface area is 371 Å². The first-order valence-corrected chi connectivity index (χ1v) is 21.8. The van der Waals surface area contributed by atoms with Crippen LogP contribution in [0, 0.1) is 23.7 Å². The van der Waals surface area contributed by atoms with Crippen molar-refractivity contribution in [3.05, 3.63) is 82.6 Å². The normalized spacial score (nSPS) is 19.9. The maximum absolute atomic E-state index is 13.8. The Kier molecular flexibility index (Phi) is 13.2. The van der Waals surface area contributed by atoms with Crippen molar-refractivity contribution in [1.82, 2.24) is 40.4 Å². The van der Waals surface area contributed by atoms with Crippen molar-refractivity contribution in [2.24, 2.45) is 23.7 Å². The molecular formula is C46H54Cl2N8O6. The van der Waals surface area contributed by atoms with E-state index in [1.807, 2.05) is 58.0 Å². The number of nitrogens with one attached hydrogen (secondary N) is 4. The molecule has 0 aliphatic carbocycles. The largest absolute Gasteiger partial charge is 0.453 e. The van der Waals surface area contributed by atoms with Gasteiger partial charge in [-0.2, -0.15) is 0 Å². The van der Waals surface area contributed by atoms with E-state index in [4.69, 9.17) is 37.7 Å². The summed E-state index contributed by atoms with van der Waals surface area (Å²) in [6.45, 7) is 12.8. The topological polar surface area (TPSA) is 175 Å². The van der Waals surface area contributed by atoms with Gasteiger partial charge in [0.25, 0.3) is 0 Å². The van der Waals surface area contributed by atoms with Crippen LogP contribution in [0.2, 0.25) is 10.3 Å². The third-order valence-electron chi connectivity index (χ3n) is 12.0. The van der Waals surface area contributed by atoms with Crippen LogP contribution in [0.4, 0.5) is 9.59 Å². The van der Waals surface area contributed by atoms with Crippen LogP contribution in [-0.4, -0.2) is 93.1 Å². The highest BCUT2D eigenvalue weighted by atomic mass is 35.5. The van der Waals surface area contributed by atoms with Gasteiger partial charge in [0.1, 0.15) is 23.7 Å². The van der Waals surface area contributed by atoms with Gasteiger partial charge in [-0.3, -0.25) is 9.59 Å². The van der Waals surface area contributed by atoms with Crippen molar-refractivity contribution in [1.29, 1.82) is 0 Å². The number of rotatable bonds is 11. The molecule has 0 spiro atoms. The fourth-order valence-corrected chi connectivity index (χ4v) is 9.20. The van der Waals surface area contributed by atoms with Gasteiger partial charge in [-0.05, 0) is 70.5 Å². The second-order valence-electron chi connectivity index (χ2n) is 17.3. The van der Waals surface area contributed by atoms with Gasteiger partial charge in [0.2, 0.25) is 11.8 Å². The number of nitrogens with zero attached hydrogens (tertiary/aromatic N) is 4. The van der Waals surface area contributed by atoms with E-state index in [9.17, 15) is 19.2 Å². The summed E-state index contributed by atoms with van der Waals surface area (Å²) in [5, 5.41) is 8.08. The molecule has 2 fully saturated rings. The number of amides is 4. The molecule has 6 atom stereocenters. The number of likely N-dealkylation sites (tertiary alicyclic amines) is 2. The molecular weight excluding hydrogens is 831 g/mol. The molecule has 5 aromatic rings. The van der Waals surface area contributed by atoms with Gasteiger partial charge in [-0.25, -0.2) is 19.6 Å². The van der Waals surface area contributed by atoms with Crippen LogP contribution in [0.15, 0.2) is 60.7 Å². The Morgan fingerprint density at radius 2 is 1.02 bits per heavy atom. The van der Waals surface area contributed by atoms with E-state index in [1.54, 1.807) is 9.80 Å². The molecule has 2 aliphatic heterocycles. The Balaban J connectivity index is 1.07. The number of halogens is 2. The average molecular weight is 886 g/mol. The van der Waals surface area contributed by atoms with Crippen LogP contribution >= 0.6 is 23.2 Å². The molecule has 16 heteroatoms. The lowest BCUT2D eigenvalue weighted by Crippen LogP contribution is -2.51. The summed E-state index contributed by atoms with van der Waals surface area (Å²) in [5.74, 6) is 0.982. The first-order chi connectivity index (χ1) is 29.6. The van der Waals surface area contributed by atoms with Gasteiger partial charge >= 0.3 is 12.2 Å². The highest BCUT2D eigenvalue weighted by Gasteiger charge is 2.42. The van der Waals surface area contributed by atoms with Crippen LogP contribution in [0.1, 0.15) is 78.1 Å². The Bertz CT molecular complexity index is 2470. The third-order valence-corrected chi connectivity index (χ3v) is 12.5. The molecule has 0 bridgehead atoms. The molecule has 2 aromatic heterocycles. The SMILES string of the molecule is COC(=O)N[C@H](C(=O)N1C[C@@H](C)C[C@H]1c1nc(Cl)c(-c2ccc(-c3ccc4cc(-c5[nH]c([C@@H]6C[C@H](C)CN6C(=O)[C@@H](NC(=O)OC)C(C)C)nc5Cl)ccc4c3)cc2)[nH]1)C(C)C. The number of ether oxygens (including phenoxy) is 2. The predicted octanol–water partition coefficient (Wildman–Crippen LogP) is 9.17. The summed E-state index contributed by atoms with van der Waals surface area (Å²) in [7, 11) is 2.56. The summed E-state index contributed by atoms with van der Waals surface area (Å²) in [4.78, 5) is 71.5. The van der Waals surface area contributed by atoms with Crippen molar-refractivity contribution < 1.29 is 28.7 Å². The monoisotopic (exact) mass is 884 g/mol. The van der Waals surface area contributed by atoms with E-state index in [2.05, 4.69) is 69.8 Å². The number of aromatic amines is 2. The van der Waals surface area contributed by atoms with Crippen molar-refractivity contribution in [3.63, 3.8) is 0 Å². The molecule has 4 amide bonds. The Morgan fingerprint density at radius 3 is 1.45 bits per heavy atom. The van der Waals surface area contributed by atoms with Crippen LogP contribution < -0.4 is 10.6 Å². The van der Waals surface area contributed by atoms with E-state index in [-0.39, 0.29) is 47.6 Å². The Morgan fingerprint density at radius 1 is 0.629 bits per heavy atom. The van der Waals surface area contributed by atoms with Crippen molar-refractivity contribution >= 4 is 58.0 Å². The minimum absolute atomic E-state index is 0.148. The van der Waals surface area contributed by atoms with Crippen molar-refractivity contribution in [2.75, 3.05) is 27.3 Å². The van der Waals surface area contributed by atoms with Gasteiger partial charge in [-0.15, -0.1) is 0 Å². The smallest absolute Gasteiger partial charge is 0.407 e. The fourth-order valence-electron chi connectivity index (χ4n) is 8.70. The minimum Gasteiger partial charge on any atom is -0.453 e. The summed E-state index contributed by atoms with van der Waals surface area (Å²) < 4.78 is 9.57. The molecule has 7 rings (SSSR count). The third kappa shape index (κ3) is 9.12. The first kappa shape index (κ1) is 44.5. The zero-order valence-electron chi connectivity index (χ0n) is 36.2. The van der Waals surface area contributed by atoms with Gasteiger partial charge in [0, 0.05) is 24.2 Å². The number of hydrogen-bond donors (Lipinski definition) is 4. The van der Waals surface area contributed by atoms with E-state index in [0.29, 0.717) is 59.3 Å². The second kappa shape index (κ2) is 18.4. The summed E-state index contributed by atoms with van der Waals surface area (Å²) >= 11 is 13.5. The number of benzene rings is 3. The highest BCUT2D eigenvalue weighted by molar-refractivity contribution is 6.32. The maximum Gasteiger partial charge on any atom is 0.407 e. The number of carbonyl (C=O) groups is 4. The number of methoxy groups -OCH3 is 2. The molecule has 62 heavy (non-hydrogen) atoms. The van der Waals surface area contributed by atoms with Gasteiger partial charge in [0.05, 0.1) is 37.7 Å². The standard InChI is InChI=1S/C46H54Cl2N8O6/c1-23(2)35(51-45(59)61-7)43(57)55-21-25(5)17-33(55)41-49-37(39(47)53-41)28-11-9-27(10-12-28)29-13-14-31-20-32(16-15-30(31)19-29)38-40(48)54-42(50-38)34-18-26(6)22-56(34)44(58)36(24(3)4)52-46(60)62-8/h9-16,19-20,23-26,33-36H,17-18,21-22H2,1-8H3,(H,49,53)(H,50,54)(H,51,59)(H,52,60)/t25-,26-,33-,34-,35-,36-/m0/s1. The second-order valence-corrected chi connectivity index (χ2v) is 18.1. The van der Waals surface area contributed by atoms with Crippen LogP contribution in [-0.2, 0) is 19.1 Å². The molecule has 0 saturated carbocycles. The number of H-pyrrole nitrogens is 2. The highest BCUT2D eigenvalue weighted by Crippen LogP contribution is 2.40. The van der Waals surface area contributed by atoms with Crippen molar-refractivity contribution in [2.45, 2.75) is 78.6 Å². The molecule has 4 N–H and O–H groups in total. The molecule has 14 nitrogen and oxygen atoms in total. The van der Waals surface area contributed by atoms with Crippen LogP contribution in [0.3, 0.4) is 0 Å². The quantitative estimate of drug-likeness (QED) is 0.102. The fraction of sp³-hybridized carbons (Fsp3) is 0.435. The van der Waals surface area contributed by atoms with Crippen LogP contribution in [0.5, 0.6) is 0 Å². The van der Waals surface area contributed by atoms with E-state index in [1.165, 1.54) is 14.2 Å². The average Bonchev–Trinajstić information content (AvgIpc) is 4.05. The maximum atomic E-state index is 13.8. The molecule has 3 aromatic carbocycles. The number of carbonyl (C=O) groups excluding carboxylic acids is 4. The molecule has 2 aliphatic rings. The van der Waals surface area contributed by atoms with Gasteiger partial charge < -0.3 is 39.9 Å². The lowest BCUT2D eigenvalue weighted by Gasteiger charge is -2.30. The zero-order chi connectivity index (χ0) is 44.6. The molecule has 328 valence electrons. The van der Waals surface area contributed by atoms with E-state index < -0.39 is 24.3 Å². The molecule has 0 unspecified atom stereocenters. The van der Waals surface area contributed by atoms with Crippen molar-refractivity contribution in [3.8, 4) is 33.6 Å². The first-order valence-electron chi connectivity index (χ1n) is 21.0. The summed E-state index contributed by atoms with van der Waals surface area (Å²) in [6.07, 6.45) is 0.106. The number of alkyl carbamates (subject to hydrolysis) is 2. The molecule has 0 radical (unpaired) electrons. The summed E-state index contributed by atoms with van der Waals surface area (Å²) in [6, 6.07) is 18.3. The number of fused-ring (bicyclic) bond motifs is 1. The molecule has 2 saturated heterocycles. The zero-order valence-corrected chi connectivity index (χ0v) is 37.7. The van der Waals surface area contributed by atoms with Gasteiger partial charge in [-0.1, -0.05) is 113 Å². The minimum atomic E-state index is -0.743. The van der Waals surface area contributed by atoms with E-state index in [0.717, 1.165) is 33.0 Å². The summed E-state index contributed by atoms with van der Waals surface area (Å²) in [5.41, 5.74) is 5.10. The van der Waals surface area contributed by atoms with Crippen LogP contribution in [0.25, 0.3) is 44.4 Å². The van der Waals surface area contributed by atoms with Gasteiger partial charge in [0.15, 0.2) is 10.3 Å². The number of imidazole rings is 2.